The van der Waals surface area contributed by atoms with Gasteiger partial charge in [0.1, 0.15) is 5.75 Å². The summed E-state index contributed by atoms with van der Waals surface area (Å²) in [5.74, 6) is 1.81. The number of benzene rings is 1. The molecule has 0 atom stereocenters. The highest BCUT2D eigenvalue weighted by atomic mass is 16.5. The number of hydrogen-bond acceptors (Lipinski definition) is 2. The van der Waals surface area contributed by atoms with E-state index in [9.17, 15) is 0 Å². The van der Waals surface area contributed by atoms with Crippen molar-refractivity contribution in [1.29, 1.82) is 0 Å². The maximum atomic E-state index is 5.83. The van der Waals surface area contributed by atoms with Crippen LogP contribution in [0.3, 0.4) is 0 Å². The van der Waals surface area contributed by atoms with Crippen LogP contribution in [-0.2, 0) is 6.54 Å². The highest BCUT2D eigenvalue weighted by molar-refractivity contribution is 5.60. The highest BCUT2D eigenvalue weighted by Gasteiger charge is 2.16. The number of hydrogen-bond donors (Lipinski definition) is 2. The van der Waals surface area contributed by atoms with Gasteiger partial charge in [0.25, 0.3) is 0 Å². The number of aromatic nitrogens is 1. The molecule has 3 nitrogen and oxygen atoms in total. The van der Waals surface area contributed by atoms with Gasteiger partial charge in [0.05, 0.1) is 5.69 Å². The van der Waals surface area contributed by atoms with Gasteiger partial charge in [-0.15, -0.1) is 0 Å². The molecule has 15 heavy (non-hydrogen) atoms. The standard InChI is InChI=1S/C12H12N2O/c1-8-9-6-14-10-4-2-3-5-11(10)15-12(9)7-13-8/h2-5,7,13-14H,6H2,1H3. The van der Waals surface area contributed by atoms with Gasteiger partial charge in [0.2, 0.25) is 0 Å². The Morgan fingerprint density at radius 2 is 2.07 bits per heavy atom. The molecule has 0 saturated heterocycles. The predicted octanol–water partition coefficient (Wildman–Crippen LogP) is 3.04. The number of aromatic amines is 1. The Labute approximate surface area is 88.1 Å². The number of H-pyrrole nitrogens is 1. The van der Waals surface area contributed by atoms with Crippen LogP contribution in [0.1, 0.15) is 11.3 Å². The first kappa shape index (κ1) is 8.41. The van der Waals surface area contributed by atoms with Crippen LogP contribution in [0.25, 0.3) is 0 Å². The van der Waals surface area contributed by atoms with Crippen LogP contribution in [0.4, 0.5) is 5.69 Å². The van der Waals surface area contributed by atoms with Crippen LogP contribution < -0.4 is 10.1 Å². The van der Waals surface area contributed by atoms with E-state index in [0.717, 1.165) is 29.4 Å². The van der Waals surface area contributed by atoms with E-state index in [-0.39, 0.29) is 0 Å². The van der Waals surface area contributed by atoms with Crippen LogP contribution in [0.5, 0.6) is 11.5 Å². The molecular formula is C12H12N2O. The molecule has 0 aliphatic carbocycles. The summed E-state index contributed by atoms with van der Waals surface area (Å²) in [6.45, 7) is 2.86. The van der Waals surface area contributed by atoms with Crippen molar-refractivity contribution >= 4 is 5.69 Å². The first-order valence-corrected chi connectivity index (χ1v) is 5.02. The summed E-state index contributed by atoms with van der Waals surface area (Å²) in [6.07, 6.45) is 1.91. The molecule has 2 heterocycles. The summed E-state index contributed by atoms with van der Waals surface area (Å²) in [7, 11) is 0. The van der Waals surface area contributed by atoms with Gasteiger partial charge in [-0.25, -0.2) is 0 Å². The monoisotopic (exact) mass is 200 g/mol. The number of nitrogens with one attached hydrogen (secondary N) is 2. The summed E-state index contributed by atoms with van der Waals surface area (Å²) >= 11 is 0. The number of aryl methyl sites for hydroxylation is 1. The highest BCUT2D eigenvalue weighted by Crippen LogP contribution is 2.36. The normalized spacial score (nSPS) is 13.1. The molecule has 0 bridgehead atoms. The Balaban J connectivity index is 2.10. The van der Waals surface area contributed by atoms with Crippen molar-refractivity contribution in [2.75, 3.05) is 5.32 Å². The molecule has 0 unspecified atom stereocenters. The van der Waals surface area contributed by atoms with Crippen LogP contribution in [-0.4, -0.2) is 4.98 Å². The third kappa shape index (κ3) is 1.28. The lowest BCUT2D eigenvalue weighted by Gasteiger charge is -2.05. The van der Waals surface area contributed by atoms with Gasteiger partial charge in [-0.3, -0.25) is 0 Å². The van der Waals surface area contributed by atoms with Crippen molar-refractivity contribution in [2.45, 2.75) is 13.5 Å². The Hall–Kier alpha value is -1.90. The second-order valence-electron chi connectivity index (χ2n) is 3.71. The Morgan fingerprint density at radius 1 is 1.20 bits per heavy atom. The molecule has 0 radical (unpaired) electrons. The smallest absolute Gasteiger partial charge is 0.150 e. The van der Waals surface area contributed by atoms with E-state index in [1.165, 1.54) is 5.56 Å². The molecular weight excluding hydrogens is 188 g/mol. The number of anilines is 1. The van der Waals surface area contributed by atoms with Gasteiger partial charge in [-0.1, -0.05) is 12.1 Å². The van der Waals surface area contributed by atoms with Crippen LogP contribution >= 0.6 is 0 Å². The minimum Gasteiger partial charge on any atom is -0.453 e. The second kappa shape index (κ2) is 3.05. The van der Waals surface area contributed by atoms with E-state index in [1.807, 2.05) is 30.5 Å². The van der Waals surface area contributed by atoms with Gasteiger partial charge in [0, 0.05) is 24.0 Å². The molecule has 76 valence electrons. The van der Waals surface area contributed by atoms with E-state index >= 15 is 0 Å². The largest absolute Gasteiger partial charge is 0.453 e. The molecule has 3 heteroatoms. The van der Waals surface area contributed by atoms with Gasteiger partial charge in [0.15, 0.2) is 5.75 Å². The van der Waals surface area contributed by atoms with Crippen LogP contribution in [0.15, 0.2) is 30.5 Å². The van der Waals surface area contributed by atoms with Crippen molar-refractivity contribution in [3.05, 3.63) is 41.7 Å². The van der Waals surface area contributed by atoms with Crippen molar-refractivity contribution in [2.24, 2.45) is 0 Å². The lowest BCUT2D eigenvalue weighted by Crippen LogP contribution is -1.97. The zero-order chi connectivity index (χ0) is 10.3. The fourth-order valence-electron chi connectivity index (χ4n) is 1.85. The average molecular weight is 200 g/mol. The zero-order valence-corrected chi connectivity index (χ0v) is 8.50. The van der Waals surface area contributed by atoms with E-state index in [4.69, 9.17) is 4.74 Å². The number of fused-ring (bicyclic) bond motifs is 2. The molecule has 1 aliphatic heterocycles. The maximum absolute atomic E-state index is 5.83. The first-order chi connectivity index (χ1) is 7.34. The average Bonchev–Trinajstić information content (AvgIpc) is 2.51. The van der Waals surface area contributed by atoms with Gasteiger partial charge in [-0.05, 0) is 19.1 Å². The van der Waals surface area contributed by atoms with Crippen LogP contribution in [0, 0.1) is 6.92 Å². The summed E-state index contributed by atoms with van der Waals surface area (Å²) in [5, 5.41) is 3.36. The number of para-hydroxylation sites is 2. The molecule has 0 saturated carbocycles. The van der Waals surface area contributed by atoms with E-state index < -0.39 is 0 Å². The molecule has 0 spiro atoms. The summed E-state index contributed by atoms with van der Waals surface area (Å²) < 4.78 is 5.83. The Bertz CT molecular complexity index is 502. The van der Waals surface area contributed by atoms with Crippen molar-refractivity contribution < 1.29 is 4.74 Å². The van der Waals surface area contributed by atoms with E-state index in [2.05, 4.69) is 17.2 Å². The molecule has 1 aliphatic rings. The van der Waals surface area contributed by atoms with E-state index in [0.29, 0.717) is 0 Å². The minimum absolute atomic E-state index is 0.807. The number of rotatable bonds is 0. The lowest BCUT2D eigenvalue weighted by atomic mass is 10.2. The quantitative estimate of drug-likeness (QED) is 0.685. The van der Waals surface area contributed by atoms with Crippen molar-refractivity contribution in [3.63, 3.8) is 0 Å². The van der Waals surface area contributed by atoms with Crippen molar-refractivity contribution in [1.82, 2.24) is 4.98 Å². The fourth-order valence-corrected chi connectivity index (χ4v) is 1.85. The third-order valence-electron chi connectivity index (χ3n) is 2.73. The van der Waals surface area contributed by atoms with Gasteiger partial charge in [-0.2, -0.15) is 0 Å². The zero-order valence-electron chi connectivity index (χ0n) is 8.50. The SMILES string of the molecule is Cc1[nH]cc2c1CNc1ccccc1O2. The molecule has 3 rings (SSSR count). The fraction of sp³-hybridized carbons (Fsp3) is 0.167. The van der Waals surface area contributed by atoms with Gasteiger partial charge >= 0.3 is 0 Å². The molecule has 0 amide bonds. The first-order valence-electron chi connectivity index (χ1n) is 5.02. The second-order valence-corrected chi connectivity index (χ2v) is 3.71. The predicted molar refractivity (Wildman–Crippen MR) is 59.4 cm³/mol. The molecule has 1 aromatic heterocycles. The molecule has 0 fully saturated rings. The minimum atomic E-state index is 0.807. The number of ether oxygens (including phenoxy) is 1. The lowest BCUT2D eigenvalue weighted by molar-refractivity contribution is 0.485. The summed E-state index contributed by atoms with van der Waals surface area (Å²) in [4.78, 5) is 3.17. The molecule has 2 aromatic rings. The summed E-state index contributed by atoms with van der Waals surface area (Å²) in [6, 6.07) is 7.98. The maximum Gasteiger partial charge on any atom is 0.150 e. The van der Waals surface area contributed by atoms with Crippen molar-refractivity contribution in [3.8, 4) is 11.5 Å². The molecule has 2 N–H and O–H groups in total. The molecule has 1 aromatic carbocycles. The Morgan fingerprint density at radius 3 is 3.00 bits per heavy atom. The summed E-state index contributed by atoms with van der Waals surface area (Å²) in [5.41, 5.74) is 3.41. The van der Waals surface area contributed by atoms with E-state index in [1.54, 1.807) is 0 Å². The Kier molecular flexibility index (Phi) is 1.71. The third-order valence-corrected chi connectivity index (χ3v) is 2.73. The van der Waals surface area contributed by atoms with Crippen LogP contribution in [0.2, 0.25) is 0 Å². The topological polar surface area (TPSA) is 37.0 Å². The van der Waals surface area contributed by atoms with Gasteiger partial charge < -0.3 is 15.0 Å².